The molecule has 0 aromatic heterocycles. The van der Waals surface area contributed by atoms with Crippen LogP contribution in [0.3, 0.4) is 0 Å². The van der Waals surface area contributed by atoms with E-state index in [0.717, 1.165) is 17.3 Å². The number of amides is 1. The maximum atomic E-state index is 13.4. The van der Waals surface area contributed by atoms with E-state index in [0.29, 0.717) is 12.2 Å². The number of hydrogen-bond donors (Lipinski definition) is 3. The van der Waals surface area contributed by atoms with Crippen molar-refractivity contribution >= 4 is 33.0 Å². The number of benzene rings is 2. The number of thioether (sulfide) groups is 1. The second-order valence-corrected chi connectivity index (χ2v) is 12.5. The summed E-state index contributed by atoms with van der Waals surface area (Å²) in [6.45, 7) is 3.70. The maximum Gasteiger partial charge on any atom is 0.306 e. The predicted molar refractivity (Wildman–Crippen MR) is 142 cm³/mol. The van der Waals surface area contributed by atoms with Gasteiger partial charge in [-0.1, -0.05) is 62.0 Å². The third kappa shape index (κ3) is 8.74. The number of nitrogens with zero attached hydrogens (tertiary/aromatic N) is 1. The third-order valence-electron chi connectivity index (χ3n) is 5.91. The number of esters is 1. The molecular weight excluding hydrogens is 516 g/mol. The fraction of sp³-hybridized carbons (Fsp3) is 0.462. The predicted octanol–water partition coefficient (Wildman–Crippen LogP) is 3.02. The molecule has 0 radical (unpaired) electrons. The Kier molecular flexibility index (Phi) is 10.4. The minimum absolute atomic E-state index is 0.0312. The van der Waals surface area contributed by atoms with Gasteiger partial charge in [-0.15, -0.1) is 0 Å². The van der Waals surface area contributed by atoms with Crippen LogP contribution in [-0.4, -0.2) is 71.7 Å². The zero-order chi connectivity index (χ0) is 27.0. The Morgan fingerprint density at radius 1 is 1.16 bits per heavy atom. The fourth-order valence-electron chi connectivity index (χ4n) is 4.07. The van der Waals surface area contributed by atoms with Gasteiger partial charge in [0.25, 0.3) is 5.24 Å². The second-order valence-electron chi connectivity index (χ2n) is 9.56. The maximum absolute atomic E-state index is 13.4. The number of aliphatic hydroxyl groups excluding tert-OH is 1. The van der Waals surface area contributed by atoms with Gasteiger partial charge in [0, 0.05) is 24.8 Å². The van der Waals surface area contributed by atoms with E-state index >= 15 is 0 Å². The van der Waals surface area contributed by atoms with Gasteiger partial charge >= 0.3 is 5.97 Å². The lowest BCUT2D eigenvalue weighted by Gasteiger charge is -2.30. The molecule has 202 valence electrons. The molecule has 0 aliphatic carbocycles. The molecule has 11 heteroatoms. The number of carbonyl (C=O) groups is 2. The van der Waals surface area contributed by atoms with Gasteiger partial charge < -0.3 is 20.3 Å². The molecular formula is C26H34N2O7S2. The molecule has 3 N–H and O–H groups in total. The zero-order valence-electron chi connectivity index (χ0n) is 20.9. The lowest BCUT2D eigenvalue weighted by atomic mass is 9.90. The molecule has 1 aliphatic heterocycles. The molecule has 0 bridgehead atoms. The molecule has 0 unspecified atom stereocenters. The average Bonchev–Trinajstić information content (AvgIpc) is 3.27. The Morgan fingerprint density at radius 3 is 2.51 bits per heavy atom. The molecule has 2 aromatic rings. The molecule has 0 saturated carbocycles. The number of aromatic hydroxyl groups is 1. The van der Waals surface area contributed by atoms with Crippen LogP contribution < -0.4 is 5.32 Å². The van der Waals surface area contributed by atoms with Crippen LogP contribution in [-0.2, 0) is 26.0 Å². The van der Waals surface area contributed by atoms with Crippen molar-refractivity contribution in [3.63, 3.8) is 0 Å². The molecule has 0 spiro atoms. The van der Waals surface area contributed by atoms with E-state index < -0.39 is 28.0 Å². The van der Waals surface area contributed by atoms with Crippen LogP contribution in [0.1, 0.15) is 25.8 Å². The highest BCUT2D eigenvalue weighted by Gasteiger charge is 2.32. The van der Waals surface area contributed by atoms with Crippen LogP contribution >= 0.6 is 11.8 Å². The number of hydrogen-bond acceptors (Lipinski definition) is 8. The Morgan fingerprint density at radius 2 is 1.89 bits per heavy atom. The molecule has 37 heavy (non-hydrogen) atoms. The van der Waals surface area contributed by atoms with Crippen LogP contribution in [0.2, 0.25) is 0 Å². The van der Waals surface area contributed by atoms with E-state index in [1.165, 1.54) is 28.6 Å². The number of aliphatic hydroxyl groups is 1. The molecule has 1 aliphatic rings. The lowest BCUT2D eigenvalue weighted by Crippen LogP contribution is -2.43. The molecule has 3 rings (SSSR count). The van der Waals surface area contributed by atoms with Gasteiger partial charge in [-0.2, -0.15) is 4.31 Å². The summed E-state index contributed by atoms with van der Waals surface area (Å²) in [5.41, 5.74) is 0.894. The van der Waals surface area contributed by atoms with Gasteiger partial charge in [0.1, 0.15) is 12.4 Å². The van der Waals surface area contributed by atoms with Crippen molar-refractivity contribution in [1.82, 2.24) is 9.62 Å². The van der Waals surface area contributed by atoms with Crippen molar-refractivity contribution in [3.8, 4) is 5.75 Å². The van der Waals surface area contributed by atoms with Gasteiger partial charge in [0.15, 0.2) is 0 Å². The molecule has 1 fully saturated rings. The second kappa shape index (κ2) is 13.3. The first kappa shape index (κ1) is 29.0. The highest BCUT2D eigenvalue weighted by Crippen LogP contribution is 2.25. The van der Waals surface area contributed by atoms with Crippen molar-refractivity contribution in [2.45, 2.75) is 43.7 Å². The number of carbonyl (C=O) groups excluding carboxylic acids is 2. The summed E-state index contributed by atoms with van der Waals surface area (Å²) < 4.78 is 33.4. The Labute approximate surface area is 222 Å². The van der Waals surface area contributed by atoms with E-state index in [9.17, 15) is 28.2 Å². The molecule has 1 heterocycles. The normalized spacial score (nSPS) is 17.5. The largest absolute Gasteiger partial charge is 0.508 e. The Bertz CT molecular complexity index is 1160. The number of nitrogens with one attached hydrogen (secondary N) is 1. The zero-order valence-corrected chi connectivity index (χ0v) is 22.6. The summed E-state index contributed by atoms with van der Waals surface area (Å²) in [4.78, 5) is 24.0. The summed E-state index contributed by atoms with van der Waals surface area (Å²) in [5.74, 6) is -0.836. The number of phenolic OH excluding ortho intramolecular Hbond substituents is 1. The van der Waals surface area contributed by atoms with Crippen molar-refractivity contribution in [1.29, 1.82) is 0 Å². The monoisotopic (exact) mass is 550 g/mol. The lowest BCUT2D eigenvalue weighted by molar-refractivity contribution is -0.146. The van der Waals surface area contributed by atoms with Gasteiger partial charge in [-0.25, -0.2) is 8.42 Å². The van der Waals surface area contributed by atoms with E-state index in [2.05, 4.69) is 5.32 Å². The Balaban J connectivity index is 1.76. The van der Waals surface area contributed by atoms with E-state index in [4.69, 9.17) is 4.74 Å². The Hall–Kier alpha value is -2.60. The van der Waals surface area contributed by atoms with Gasteiger partial charge in [0.2, 0.25) is 10.0 Å². The summed E-state index contributed by atoms with van der Waals surface area (Å²) in [6.07, 6.45) is -0.944. The SMILES string of the molecule is CC(C)CN(C[C@@H](O)[C@@H](CC(=O)OC[C@H]1CSC(=O)N1)Cc1ccccc1)S(=O)(=O)c1cccc(O)c1. The topological polar surface area (TPSA) is 133 Å². The van der Waals surface area contributed by atoms with Gasteiger partial charge in [-0.05, 0) is 36.1 Å². The molecule has 3 atom stereocenters. The van der Waals surface area contributed by atoms with Gasteiger partial charge in [-0.3, -0.25) is 9.59 Å². The summed E-state index contributed by atoms with van der Waals surface area (Å²) in [6, 6.07) is 14.5. The highest BCUT2D eigenvalue weighted by molar-refractivity contribution is 8.14. The fourth-order valence-corrected chi connectivity index (χ4v) is 6.52. The summed E-state index contributed by atoms with van der Waals surface area (Å²) in [7, 11) is -4.02. The third-order valence-corrected chi connectivity index (χ3v) is 8.69. The van der Waals surface area contributed by atoms with Crippen LogP contribution in [0.15, 0.2) is 59.5 Å². The van der Waals surface area contributed by atoms with E-state index in [1.54, 1.807) is 0 Å². The van der Waals surface area contributed by atoms with Crippen molar-refractivity contribution < 1.29 is 33.0 Å². The number of sulfonamides is 1. The number of ether oxygens (including phenoxy) is 1. The first-order valence-corrected chi connectivity index (χ1v) is 14.6. The van der Waals surface area contributed by atoms with Gasteiger partial charge in [0.05, 0.1) is 23.5 Å². The van der Waals surface area contributed by atoms with Crippen molar-refractivity contribution in [2.75, 3.05) is 25.4 Å². The molecule has 9 nitrogen and oxygen atoms in total. The average molecular weight is 551 g/mol. The van der Waals surface area contributed by atoms with Crippen molar-refractivity contribution in [3.05, 3.63) is 60.2 Å². The molecule has 1 saturated heterocycles. The molecule has 2 aromatic carbocycles. The first-order valence-electron chi connectivity index (χ1n) is 12.1. The van der Waals surface area contributed by atoms with Crippen LogP contribution in [0, 0.1) is 11.8 Å². The van der Waals surface area contributed by atoms with Crippen molar-refractivity contribution in [2.24, 2.45) is 11.8 Å². The highest BCUT2D eigenvalue weighted by atomic mass is 32.2. The number of phenols is 1. The van der Waals surface area contributed by atoms with Crippen LogP contribution in [0.25, 0.3) is 0 Å². The van der Waals surface area contributed by atoms with E-state index in [-0.39, 0.29) is 54.0 Å². The molecule has 1 amide bonds. The first-order chi connectivity index (χ1) is 17.5. The minimum atomic E-state index is -4.02. The quantitative estimate of drug-likeness (QED) is 0.324. The minimum Gasteiger partial charge on any atom is -0.508 e. The van der Waals surface area contributed by atoms with E-state index in [1.807, 2.05) is 44.2 Å². The van der Waals surface area contributed by atoms with Crippen LogP contribution in [0.5, 0.6) is 5.75 Å². The smallest absolute Gasteiger partial charge is 0.306 e. The summed E-state index contributed by atoms with van der Waals surface area (Å²) >= 11 is 1.13. The van der Waals surface area contributed by atoms with Crippen LogP contribution in [0.4, 0.5) is 4.79 Å². The number of rotatable bonds is 13. The standard InChI is InChI=1S/C26H34N2O7S2/c1-18(2)14-28(37(33,34)23-10-6-9-22(29)13-23)15-24(30)20(11-19-7-4-3-5-8-19)12-25(31)35-16-21-17-36-26(32)27-21/h3-10,13,18,20-21,24,29-30H,11-12,14-17H2,1-2H3,(H,27,32)/t20-,21+,24-/m1/s1. The summed E-state index contributed by atoms with van der Waals surface area (Å²) in [5, 5.41) is 23.6.